The van der Waals surface area contributed by atoms with Gasteiger partial charge in [0.25, 0.3) is 0 Å². The molecule has 0 unspecified atom stereocenters. The van der Waals surface area contributed by atoms with Crippen LogP contribution < -0.4 is 10.1 Å². The first-order valence-electron chi connectivity index (χ1n) is 6.28. The van der Waals surface area contributed by atoms with Gasteiger partial charge in [-0.2, -0.15) is 0 Å². The molecule has 6 heteroatoms. The van der Waals surface area contributed by atoms with Crippen LogP contribution in [0.1, 0.15) is 5.56 Å². The van der Waals surface area contributed by atoms with Crippen LogP contribution in [0.25, 0.3) is 10.2 Å². The smallest absolute Gasteiger partial charge is 0.184 e. The zero-order valence-corrected chi connectivity index (χ0v) is 13.5. The molecule has 0 fully saturated rings. The molecule has 0 radical (unpaired) electrons. The number of ether oxygens (including phenoxy) is 1. The maximum Gasteiger partial charge on any atom is 0.184 e. The van der Waals surface area contributed by atoms with Crippen LogP contribution in [0.15, 0.2) is 36.4 Å². The first-order valence-corrected chi connectivity index (χ1v) is 7.85. The van der Waals surface area contributed by atoms with Gasteiger partial charge in [0.1, 0.15) is 5.75 Å². The average Bonchev–Trinajstić information content (AvgIpc) is 2.88. The Morgan fingerprint density at radius 1 is 1.19 bits per heavy atom. The molecule has 0 aliphatic rings. The van der Waals surface area contributed by atoms with E-state index in [-0.39, 0.29) is 0 Å². The predicted octanol–water partition coefficient (Wildman–Crippen LogP) is 5.22. The molecule has 0 atom stereocenters. The number of methoxy groups -OCH3 is 1. The normalized spacial score (nSPS) is 10.8. The van der Waals surface area contributed by atoms with Gasteiger partial charge in [-0.15, -0.1) is 0 Å². The highest BCUT2D eigenvalue weighted by atomic mass is 35.5. The monoisotopic (exact) mass is 338 g/mol. The largest absolute Gasteiger partial charge is 0.497 e. The molecule has 0 aliphatic carbocycles. The summed E-state index contributed by atoms with van der Waals surface area (Å²) in [5.41, 5.74) is 1.93. The summed E-state index contributed by atoms with van der Waals surface area (Å²) in [6.07, 6.45) is 0. The second-order valence-electron chi connectivity index (χ2n) is 4.44. The van der Waals surface area contributed by atoms with Gasteiger partial charge in [-0.1, -0.05) is 40.6 Å². The Kier molecular flexibility index (Phi) is 4.19. The molecule has 0 bridgehead atoms. The van der Waals surface area contributed by atoms with Crippen LogP contribution in [-0.4, -0.2) is 12.1 Å². The molecule has 0 saturated carbocycles. The molecule has 0 aliphatic heterocycles. The number of hydrogen-bond donors (Lipinski definition) is 1. The zero-order valence-electron chi connectivity index (χ0n) is 11.2. The minimum Gasteiger partial charge on any atom is -0.497 e. The second-order valence-corrected chi connectivity index (χ2v) is 6.32. The van der Waals surface area contributed by atoms with Gasteiger partial charge < -0.3 is 10.1 Å². The molecule has 0 spiro atoms. The minimum absolute atomic E-state index is 0.604. The van der Waals surface area contributed by atoms with E-state index in [9.17, 15) is 0 Å². The molecule has 3 rings (SSSR count). The van der Waals surface area contributed by atoms with E-state index in [1.54, 1.807) is 24.5 Å². The lowest BCUT2D eigenvalue weighted by molar-refractivity contribution is 0.415. The lowest BCUT2D eigenvalue weighted by Crippen LogP contribution is -1.99. The van der Waals surface area contributed by atoms with Gasteiger partial charge in [0.2, 0.25) is 0 Å². The van der Waals surface area contributed by atoms with Gasteiger partial charge in [0.05, 0.1) is 17.3 Å². The number of benzene rings is 2. The molecule has 21 heavy (non-hydrogen) atoms. The molecule has 0 amide bonds. The van der Waals surface area contributed by atoms with Gasteiger partial charge in [-0.3, -0.25) is 0 Å². The van der Waals surface area contributed by atoms with Crippen molar-refractivity contribution in [2.24, 2.45) is 0 Å². The lowest BCUT2D eigenvalue weighted by Gasteiger charge is -2.05. The summed E-state index contributed by atoms with van der Waals surface area (Å²) < 4.78 is 6.30. The predicted molar refractivity (Wildman–Crippen MR) is 90.0 cm³/mol. The maximum absolute atomic E-state index is 6.16. The number of thiazole rings is 1. The summed E-state index contributed by atoms with van der Waals surface area (Å²) in [6, 6.07) is 11.3. The Balaban J connectivity index is 1.78. The average molecular weight is 339 g/mol. The molecule has 1 aromatic heterocycles. The van der Waals surface area contributed by atoms with E-state index in [0.29, 0.717) is 16.6 Å². The Hall–Kier alpha value is -1.49. The zero-order chi connectivity index (χ0) is 14.8. The fourth-order valence-corrected chi connectivity index (χ4v) is 3.31. The highest BCUT2D eigenvalue weighted by Gasteiger charge is 2.06. The molecule has 1 N–H and O–H groups in total. The first-order chi connectivity index (χ1) is 10.2. The van der Waals surface area contributed by atoms with E-state index >= 15 is 0 Å². The number of nitrogens with zero attached hydrogens (tertiary/aromatic N) is 1. The van der Waals surface area contributed by atoms with Crippen molar-refractivity contribution in [2.45, 2.75) is 6.54 Å². The summed E-state index contributed by atoms with van der Waals surface area (Å²) in [6.45, 7) is 0.604. The van der Waals surface area contributed by atoms with E-state index < -0.39 is 0 Å². The van der Waals surface area contributed by atoms with Gasteiger partial charge in [-0.05, 0) is 35.9 Å². The number of fused-ring (bicyclic) bond motifs is 1. The Bertz CT molecular complexity index is 788. The van der Waals surface area contributed by atoms with Crippen molar-refractivity contribution in [3.05, 3.63) is 52.0 Å². The van der Waals surface area contributed by atoms with Crippen molar-refractivity contribution in [1.82, 2.24) is 4.98 Å². The van der Waals surface area contributed by atoms with Crippen molar-refractivity contribution >= 4 is 49.9 Å². The molecule has 3 nitrogen and oxygen atoms in total. The van der Waals surface area contributed by atoms with Gasteiger partial charge in [0.15, 0.2) is 5.13 Å². The van der Waals surface area contributed by atoms with Crippen molar-refractivity contribution < 1.29 is 4.74 Å². The molecule has 1 heterocycles. The van der Waals surface area contributed by atoms with Crippen LogP contribution >= 0.6 is 34.5 Å². The van der Waals surface area contributed by atoms with Crippen LogP contribution in [0.2, 0.25) is 10.0 Å². The molecule has 2 aromatic carbocycles. The number of aromatic nitrogens is 1. The van der Waals surface area contributed by atoms with Crippen LogP contribution in [0.3, 0.4) is 0 Å². The summed E-state index contributed by atoms with van der Waals surface area (Å²) in [7, 11) is 1.66. The van der Waals surface area contributed by atoms with Crippen LogP contribution in [0, 0.1) is 0 Å². The second kappa shape index (κ2) is 6.10. The van der Waals surface area contributed by atoms with E-state index in [1.807, 2.05) is 30.3 Å². The third kappa shape index (κ3) is 3.23. The molecular formula is C15H12Cl2N2OS. The van der Waals surface area contributed by atoms with E-state index in [0.717, 1.165) is 26.7 Å². The standard InChI is InChI=1S/C15H12Cl2N2OS/c1-20-11-4-5-13-14(7-11)21-15(19-13)18-8-9-2-3-10(16)6-12(9)17/h2-7H,8H2,1H3,(H,18,19). The topological polar surface area (TPSA) is 34.1 Å². The quantitative estimate of drug-likeness (QED) is 0.707. The molecule has 3 aromatic rings. The van der Waals surface area contributed by atoms with Crippen molar-refractivity contribution in [3.8, 4) is 5.75 Å². The summed E-state index contributed by atoms with van der Waals surface area (Å²) in [4.78, 5) is 4.53. The molecule has 0 saturated heterocycles. The summed E-state index contributed by atoms with van der Waals surface area (Å²) in [5, 5.41) is 5.42. The molecular weight excluding hydrogens is 327 g/mol. The van der Waals surface area contributed by atoms with Gasteiger partial charge in [-0.25, -0.2) is 4.98 Å². The fraction of sp³-hybridized carbons (Fsp3) is 0.133. The number of halogens is 2. The van der Waals surface area contributed by atoms with Crippen molar-refractivity contribution in [2.75, 3.05) is 12.4 Å². The van der Waals surface area contributed by atoms with E-state index in [2.05, 4.69) is 10.3 Å². The number of hydrogen-bond acceptors (Lipinski definition) is 4. The highest BCUT2D eigenvalue weighted by Crippen LogP contribution is 2.30. The molecule has 108 valence electrons. The first kappa shape index (κ1) is 14.4. The SMILES string of the molecule is COc1ccc2nc(NCc3ccc(Cl)cc3Cl)sc2c1. The summed E-state index contributed by atoms with van der Waals surface area (Å²) in [5.74, 6) is 0.832. The number of anilines is 1. The van der Waals surface area contributed by atoms with E-state index in [4.69, 9.17) is 27.9 Å². The van der Waals surface area contributed by atoms with Crippen LogP contribution in [0.5, 0.6) is 5.75 Å². The highest BCUT2D eigenvalue weighted by molar-refractivity contribution is 7.22. The van der Waals surface area contributed by atoms with Crippen LogP contribution in [-0.2, 0) is 6.54 Å². The number of rotatable bonds is 4. The fourth-order valence-electron chi connectivity index (χ4n) is 1.94. The van der Waals surface area contributed by atoms with E-state index in [1.165, 1.54) is 0 Å². The van der Waals surface area contributed by atoms with Crippen molar-refractivity contribution in [3.63, 3.8) is 0 Å². The minimum atomic E-state index is 0.604. The van der Waals surface area contributed by atoms with Gasteiger partial charge >= 0.3 is 0 Å². The third-order valence-corrected chi connectivity index (χ3v) is 4.60. The van der Waals surface area contributed by atoms with Crippen LogP contribution in [0.4, 0.5) is 5.13 Å². The Morgan fingerprint density at radius 2 is 2.05 bits per heavy atom. The maximum atomic E-state index is 6.16. The third-order valence-electron chi connectivity index (χ3n) is 3.04. The Labute approximate surface area is 136 Å². The summed E-state index contributed by atoms with van der Waals surface area (Å²) >= 11 is 13.6. The Morgan fingerprint density at radius 3 is 2.81 bits per heavy atom. The van der Waals surface area contributed by atoms with Gasteiger partial charge in [0, 0.05) is 16.6 Å². The van der Waals surface area contributed by atoms with Crippen molar-refractivity contribution in [1.29, 1.82) is 0 Å². The number of nitrogens with one attached hydrogen (secondary N) is 1. The lowest BCUT2D eigenvalue weighted by atomic mass is 10.2.